The molecule has 0 bridgehead atoms. The zero-order valence-corrected chi connectivity index (χ0v) is 14.2. The summed E-state index contributed by atoms with van der Waals surface area (Å²) in [5, 5.41) is 21.6. The van der Waals surface area contributed by atoms with Crippen molar-refractivity contribution in [2.45, 2.75) is 6.54 Å². The minimum Gasteiger partial charge on any atom is -0.395 e. The molecule has 6 nitrogen and oxygen atoms in total. The Kier molecular flexibility index (Phi) is 7.07. The van der Waals surface area contributed by atoms with E-state index in [-0.39, 0.29) is 18.1 Å². The third-order valence-electron chi connectivity index (χ3n) is 3.87. The predicted molar refractivity (Wildman–Crippen MR) is 92.1 cm³/mol. The van der Waals surface area contributed by atoms with E-state index in [0.717, 1.165) is 31.7 Å². The van der Waals surface area contributed by atoms with Crippen LogP contribution in [0.2, 0.25) is 5.02 Å². The first kappa shape index (κ1) is 18.3. The molecule has 1 fully saturated rings. The van der Waals surface area contributed by atoms with E-state index in [9.17, 15) is 10.1 Å². The van der Waals surface area contributed by atoms with Gasteiger partial charge in [0.05, 0.1) is 6.61 Å². The molecule has 2 rings (SSSR count). The molecule has 1 aliphatic rings. The van der Waals surface area contributed by atoms with E-state index in [1.165, 1.54) is 0 Å². The zero-order valence-electron chi connectivity index (χ0n) is 13.4. The summed E-state index contributed by atoms with van der Waals surface area (Å²) >= 11 is 5.82. The van der Waals surface area contributed by atoms with Crippen molar-refractivity contribution in [1.29, 1.82) is 5.26 Å². The second kappa shape index (κ2) is 9.28. The molecule has 0 radical (unpaired) electrons. The normalized spacial score (nSPS) is 15.9. The maximum atomic E-state index is 12.2. The van der Waals surface area contributed by atoms with Crippen LogP contribution in [0.1, 0.15) is 5.56 Å². The van der Waals surface area contributed by atoms with Gasteiger partial charge in [-0.05, 0) is 17.7 Å². The number of rotatable bonds is 6. The Morgan fingerprint density at radius 2 is 1.96 bits per heavy atom. The van der Waals surface area contributed by atoms with Gasteiger partial charge in [0.2, 0.25) is 0 Å². The highest BCUT2D eigenvalue weighted by molar-refractivity contribution is 6.30. The monoisotopic (exact) mass is 348 g/mol. The molecule has 1 amide bonds. The molecule has 1 aromatic rings. The number of hydrogen-bond donors (Lipinski definition) is 2. The Labute approximate surface area is 146 Å². The number of hydrogen-bond acceptors (Lipinski definition) is 5. The minimum absolute atomic E-state index is 0.0968. The lowest BCUT2D eigenvalue weighted by Gasteiger charge is -2.33. The molecule has 128 valence electrons. The zero-order chi connectivity index (χ0) is 17.4. The van der Waals surface area contributed by atoms with Crippen LogP contribution < -0.4 is 5.32 Å². The van der Waals surface area contributed by atoms with Gasteiger partial charge in [-0.15, -0.1) is 0 Å². The lowest BCUT2D eigenvalue weighted by atomic mass is 10.2. The highest BCUT2D eigenvalue weighted by Crippen LogP contribution is 2.10. The predicted octanol–water partition coefficient (Wildman–Crippen LogP) is 0.974. The van der Waals surface area contributed by atoms with Gasteiger partial charge in [0.25, 0.3) is 5.91 Å². The summed E-state index contributed by atoms with van der Waals surface area (Å²) in [7, 11) is 0. The van der Waals surface area contributed by atoms with Gasteiger partial charge >= 0.3 is 0 Å². The van der Waals surface area contributed by atoms with Gasteiger partial charge in [-0.3, -0.25) is 9.69 Å². The van der Waals surface area contributed by atoms with Crippen molar-refractivity contribution >= 4 is 17.5 Å². The number of benzene rings is 1. The molecule has 0 saturated carbocycles. The number of nitriles is 1. The maximum absolute atomic E-state index is 12.2. The van der Waals surface area contributed by atoms with E-state index in [4.69, 9.17) is 16.7 Å². The first-order valence-electron chi connectivity index (χ1n) is 7.84. The molecule has 0 spiro atoms. The fraction of sp³-hybridized carbons (Fsp3) is 0.412. The summed E-state index contributed by atoms with van der Waals surface area (Å²) in [4.78, 5) is 16.3. The van der Waals surface area contributed by atoms with Crippen LogP contribution in [0.3, 0.4) is 0 Å². The van der Waals surface area contributed by atoms with E-state index in [1.807, 2.05) is 23.1 Å². The number of aliphatic hydroxyl groups is 1. The summed E-state index contributed by atoms with van der Waals surface area (Å²) in [6, 6.07) is 9.15. The molecule has 0 aliphatic carbocycles. The molecule has 1 aliphatic heterocycles. The number of carbonyl (C=O) groups is 1. The maximum Gasteiger partial charge on any atom is 0.263 e. The van der Waals surface area contributed by atoms with Gasteiger partial charge in [0.1, 0.15) is 11.6 Å². The topological polar surface area (TPSA) is 79.6 Å². The van der Waals surface area contributed by atoms with Crippen molar-refractivity contribution in [3.8, 4) is 6.07 Å². The van der Waals surface area contributed by atoms with Crippen molar-refractivity contribution in [2.75, 3.05) is 39.3 Å². The van der Waals surface area contributed by atoms with Gasteiger partial charge in [-0.2, -0.15) is 5.26 Å². The summed E-state index contributed by atoms with van der Waals surface area (Å²) in [5.41, 5.74) is 1.02. The second-order valence-electron chi connectivity index (χ2n) is 5.56. The van der Waals surface area contributed by atoms with Gasteiger partial charge in [0, 0.05) is 50.5 Å². The van der Waals surface area contributed by atoms with Gasteiger partial charge in [0.15, 0.2) is 0 Å². The lowest BCUT2D eigenvalue weighted by Crippen LogP contribution is -2.45. The van der Waals surface area contributed by atoms with Crippen LogP contribution in [0.4, 0.5) is 0 Å². The van der Waals surface area contributed by atoms with Crippen LogP contribution in [0.15, 0.2) is 36.0 Å². The second-order valence-corrected chi connectivity index (χ2v) is 6.00. The van der Waals surface area contributed by atoms with E-state index >= 15 is 0 Å². The van der Waals surface area contributed by atoms with E-state index in [1.54, 1.807) is 18.3 Å². The van der Waals surface area contributed by atoms with Gasteiger partial charge < -0.3 is 15.3 Å². The fourth-order valence-corrected chi connectivity index (χ4v) is 2.58. The van der Waals surface area contributed by atoms with Crippen molar-refractivity contribution in [2.24, 2.45) is 0 Å². The number of halogens is 1. The SMILES string of the molecule is N#C/C(=C/N1CCN(CCO)CC1)C(=O)NCc1ccc(Cl)cc1. The Morgan fingerprint density at radius 3 is 2.54 bits per heavy atom. The van der Waals surface area contributed by atoms with Crippen LogP contribution in [-0.4, -0.2) is 60.1 Å². The van der Waals surface area contributed by atoms with Crippen LogP contribution in [0.25, 0.3) is 0 Å². The fourth-order valence-electron chi connectivity index (χ4n) is 2.46. The summed E-state index contributed by atoms with van der Waals surface area (Å²) in [6.45, 7) is 4.23. The number of amides is 1. The summed E-state index contributed by atoms with van der Waals surface area (Å²) in [5.74, 6) is -0.384. The molecule has 0 unspecified atom stereocenters. The Hall–Kier alpha value is -2.07. The molecule has 24 heavy (non-hydrogen) atoms. The van der Waals surface area contributed by atoms with Crippen LogP contribution in [0.5, 0.6) is 0 Å². The molecule has 0 atom stereocenters. The Bertz CT molecular complexity index is 616. The van der Waals surface area contributed by atoms with Crippen molar-refractivity contribution in [1.82, 2.24) is 15.1 Å². The van der Waals surface area contributed by atoms with Gasteiger partial charge in [-0.25, -0.2) is 0 Å². The number of β-amino-alcohol motifs (C(OH)–C–C–N with tert-alkyl or cyclic N) is 1. The molecule has 2 N–H and O–H groups in total. The average molecular weight is 349 g/mol. The van der Waals surface area contributed by atoms with Gasteiger partial charge in [-0.1, -0.05) is 23.7 Å². The van der Waals surface area contributed by atoms with E-state index < -0.39 is 0 Å². The highest BCUT2D eigenvalue weighted by Gasteiger charge is 2.16. The number of aliphatic hydroxyl groups excluding tert-OH is 1. The standard InChI is InChI=1S/C17H21ClN4O2/c18-16-3-1-14(2-4-16)12-20-17(24)15(11-19)13-22-7-5-21(6-8-22)9-10-23/h1-4,13,23H,5-10,12H2,(H,20,24)/b15-13-. The first-order chi connectivity index (χ1) is 11.6. The Morgan fingerprint density at radius 1 is 1.29 bits per heavy atom. The number of carbonyl (C=O) groups excluding carboxylic acids is 1. The van der Waals surface area contributed by atoms with Crippen LogP contribution >= 0.6 is 11.6 Å². The third-order valence-corrected chi connectivity index (χ3v) is 4.12. The first-order valence-corrected chi connectivity index (χ1v) is 8.22. The molecule has 7 heteroatoms. The molecule has 1 heterocycles. The van der Waals surface area contributed by atoms with Crippen LogP contribution in [-0.2, 0) is 11.3 Å². The van der Waals surface area contributed by atoms with Crippen LogP contribution in [0, 0.1) is 11.3 Å². The third kappa shape index (κ3) is 5.53. The molecular formula is C17H21ClN4O2. The molecule has 1 aromatic carbocycles. The minimum atomic E-state index is -0.384. The number of nitrogens with one attached hydrogen (secondary N) is 1. The van der Waals surface area contributed by atoms with E-state index in [0.29, 0.717) is 18.1 Å². The van der Waals surface area contributed by atoms with E-state index in [2.05, 4.69) is 10.2 Å². The van der Waals surface area contributed by atoms with Crippen molar-refractivity contribution < 1.29 is 9.90 Å². The highest BCUT2D eigenvalue weighted by atomic mass is 35.5. The number of nitrogens with zero attached hydrogens (tertiary/aromatic N) is 3. The molecule has 0 aromatic heterocycles. The van der Waals surface area contributed by atoms with Crippen molar-refractivity contribution in [3.05, 3.63) is 46.6 Å². The largest absolute Gasteiger partial charge is 0.395 e. The summed E-state index contributed by atoms with van der Waals surface area (Å²) in [6.07, 6.45) is 1.62. The van der Waals surface area contributed by atoms with Crippen molar-refractivity contribution in [3.63, 3.8) is 0 Å². The Balaban J connectivity index is 1.87. The number of piperazine rings is 1. The average Bonchev–Trinajstić information content (AvgIpc) is 2.60. The molecule has 1 saturated heterocycles. The lowest BCUT2D eigenvalue weighted by molar-refractivity contribution is -0.117. The quantitative estimate of drug-likeness (QED) is 0.591. The smallest absolute Gasteiger partial charge is 0.263 e. The molecular weight excluding hydrogens is 328 g/mol. The summed E-state index contributed by atoms with van der Waals surface area (Å²) < 4.78 is 0.